The van der Waals surface area contributed by atoms with E-state index in [4.69, 9.17) is 9.63 Å². The van der Waals surface area contributed by atoms with Crippen LogP contribution in [0.2, 0.25) is 0 Å². The van der Waals surface area contributed by atoms with E-state index >= 15 is 0 Å². The van der Waals surface area contributed by atoms with Crippen molar-refractivity contribution in [3.8, 4) is 11.5 Å². The second-order valence-electron chi connectivity index (χ2n) is 4.36. The van der Waals surface area contributed by atoms with Crippen LogP contribution in [0.15, 0.2) is 22.7 Å². The molecule has 0 fully saturated rings. The standard InChI is InChI=1S/C13H15N3O2/c17-7-5-12-15-13(18-16-12)11-3-1-2-9-8-14-6-4-10(9)11/h1-3,14,17H,4-8H2. The molecule has 0 radical (unpaired) electrons. The molecule has 0 saturated carbocycles. The van der Waals surface area contributed by atoms with Crippen LogP contribution in [0.1, 0.15) is 17.0 Å². The van der Waals surface area contributed by atoms with Crippen molar-refractivity contribution in [3.05, 3.63) is 35.2 Å². The van der Waals surface area contributed by atoms with Crippen molar-refractivity contribution in [2.75, 3.05) is 13.2 Å². The molecular formula is C13H15N3O2. The number of nitrogens with one attached hydrogen (secondary N) is 1. The second-order valence-corrected chi connectivity index (χ2v) is 4.36. The van der Waals surface area contributed by atoms with Gasteiger partial charge in [0.15, 0.2) is 5.82 Å². The molecular weight excluding hydrogens is 230 g/mol. The van der Waals surface area contributed by atoms with Crippen molar-refractivity contribution in [2.45, 2.75) is 19.4 Å². The van der Waals surface area contributed by atoms with Crippen LogP contribution in [0, 0.1) is 0 Å². The molecule has 3 rings (SSSR count). The summed E-state index contributed by atoms with van der Waals surface area (Å²) in [4.78, 5) is 4.32. The van der Waals surface area contributed by atoms with Crippen LogP contribution in [0.3, 0.4) is 0 Å². The van der Waals surface area contributed by atoms with E-state index in [2.05, 4.69) is 21.5 Å². The molecule has 0 aliphatic carbocycles. The monoisotopic (exact) mass is 245 g/mol. The smallest absolute Gasteiger partial charge is 0.258 e. The summed E-state index contributed by atoms with van der Waals surface area (Å²) in [5.74, 6) is 1.11. The minimum absolute atomic E-state index is 0.0375. The minimum Gasteiger partial charge on any atom is -0.396 e. The Balaban J connectivity index is 2.00. The van der Waals surface area contributed by atoms with Crippen molar-refractivity contribution < 1.29 is 9.63 Å². The summed E-state index contributed by atoms with van der Waals surface area (Å²) in [6.07, 6.45) is 1.41. The largest absolute Gasteiger partial charge is 0.396 e. The normalized spacial score (nSPS) is 14.5. The molecule has 5 heteroatoms. The van der Waals surface area contributed by atoms with Gasteiger partial charge in [-0.1, -0.05) is 17.3 Å². The Morgan fingerprint density at radius 1 is 1.39 bits per heavy atom. The molecule has 18 heavy (non-hydrogen) atoms. The molecule has 1 aromatic carbocycles. The van der Waals surface area contributed by atoms with Crippen LogP contribution < -0.4 is 5.32 Å². The third-order valence-electron chi connectivity index (χ3n) is 3.17. The van der Waals surface area contributed by atoms with Crippen LogP contribution in [0.25, 0.3) is 11.5 Å². The molecule has 1 aliphatic rings. The summed E-state index contributed by atoms with van der Waals surface area (Å²) in [6.45, 7) is 1.90. The van der Waals surface area contributed by atoms with Crippen molar-refractivity contribution in [1.29, 1.82) is 0 Å². The van der Waals surface area contributed by atoms with Gasteiger partial charge in [0.1, 0.15) is 0 Å². The number of aromatic nitrogens is 2. The van der Waals surface area contributed by atoms with E-state index < -0.39 is 0 Å². The van der Waals surface area contributed by atoms with E-state index in [1.165, 1.54) is 11.1 Å². The second kappa shape index (κ2) is 4.88. The molecule has 5 nitrogen and oxygen atoms in total. The maximum Gasteiger partial charge on any atom is 0.258 e. The number of benzene rings is 1. The number of rotatable bonds is 3. The van der Waals surface area contributed by atoms with Gasteiger partial charge in [-0.15, -0.1) is 0 Å². The van der Waals surface area contributed by atoms with E-state index in [1.807, 2.05) is 12.1 Å². The highest BCUT2D eigenvalue weighted by molar-refractivity contribution is 5.61. The first-order valence-electron chi connectivity index (χ1n) is 6.14. The summed E-state index contributed by atoms with van der Waals surface area (Å²) < 4.78 is 5.28. The van der Waals surface area contributed by atoms with Crippen molar-refractivity contribution in [1.82, 2.24) is 15.5 Å². The number of aliphatic hydroxyl groups excluding tert-OH is 1. The Hall–Kier alpha value is -1.72. The molecule has 0 atom stereocenters. The zero-order valence-corrected chi connectivity index (χ0v) is 10.0. The van der Waals surface area contributed by atoms with Gasteiger partial charge in [-0.3, -0.25) is 0 Å². The van der Waals surface area contributed by atoms with Crippen molar-refractivity contribution in [3.63, 3.8) is 0 Å². The van der Waals surface area contributed by atoms with Crippen molar-refractivity contribution >= 4 is 0 Å². The summed E-state index contributed by atoms with van der Waals surface area (Å²) in [6, 6.07) is 6.15. The topological polar surface area (TPSA) is 71.2 Å². The Morgan fingerprint density at radius 2 is 2.33 bits per heavy atom. The zero-order chi connectivity index (χ0) is 12.4. The Labute approximate surface area is 105 Å². The quantitative estimate of drug-likeness (QED) is 0.841. The molecule has 2 N–H and O–H groups in total. The van der Waals surface area contributed by atoms with E-state index in [-0.39, 0.29) is 6.61 Å². The Morgan fingerprint density at radius 3 is 3.22 bits per heavy atom. The van der Waals surface area contributed by atoms with Gasteiger partial charge in [0.25, 0.3) is 5.89 Å². The van der Waals surface area contributed by atoms with Gasteiger partial charge < -0.3 is 14.9 Å². The van der Waals surface area contributed by atoms with E-state index in [0.29, 0.717) is 18.1 Å². The first-order chi connectivity index (χ1) is 8.88. The van der Waals surface area contributed by atoms with Gasteiger partial charge in [-0.05, 0) is 30.2 Å². The zero-order valence-electron chi connectivity index (χ0n) is 10.0. The number of aliphatic hydroxyl groups is 1. The molecule has 94 valence electrons. The summed E-state index contributed by atoms with van der Waals surface area (Å²) in [5.41, 5.74) is 3.60. The molecule has 1 aliphatic heterocycles. The fraction of sp³-hybridized carbons (Fsp3) is 0.385. The number of nitrogens with zero attached hydrogens (tertiary/aromatic N) is 2. The average Bonchev–Trinajstić information content (AvgIpc) is 2.87. The number of hydrogen-bond acceptors (Lipinski definition) is 5. The van der Waals surface area contributed by atoms with Crippen LogP contribution in [-0.2, 0) is 19.4 Å². The summed E-state index contributed by atoms with van der Waals surface area (Å²) >= 11 is 0. The predicted molar refractivity (Wildman–Crippen MR) is 65.9 cm³/mol. The maximum absolute atomic E-state index is 8.86. The maximum atomic E-state index is 8.86. The molecule has 0 saturated heterocycles. The Kier molecular flexibility index (Phi) is 3.08. The minimum atomic E-state index is 0.0375. The Bertz CT molecular complexity index is 551. The highest BCUT2D eigenvalue weighted by Gasteiger charge is 2.17. The molecule has 0 unspecified atom stereocenters. The van der Waals surface area contributed by atoms with Crippen LogP contribution in [-0.4, -0.2) is 28.4 Å². The average molecular weight is 245 g/mol. The molecule has 0 amide bonds. The lowest BCUT2D eigenvalue weighted by molar-refractivity contribution is 0.293. The molecule has 1 aromatic heterocycles. The summed E-state index contributed by atoms with van der Waals surface area (Å²) in [5, 5.41) is 16.1. The molecule has 2 aromatic rings. The van der Waals surface area contributed by atoms with E-state index in [1.54, 1.807) is 0 Å². The number of hydrogen-bond donors (Lipinski definition) is 2. The SMILES string of the molecule is OCCc1noc(-c2cccc3c2CCNC3)n1. The van der Waals surface area contributed by atoms with Gasteiger partial charge in [0.05, 0.1) is 6.61 Å². The lowest BCUT2D eigenvalue weighted by Crippen LogP contribution is -2.24. The van der Waals surface area contributed by atoms with Crippen LogP contribution in [0.5, 0.6) is 0 Å². The number of fused-ring (bicyclic) bond motifs is 1. The van der Waals surface area contributed by atoms with E-state index in [9.17, 15) is 0 Å². The highest BCUT2D eigenvalue weighted by atomic mass is 16.5. The molecule has 2 heterocycles. The van der Waals surface area contributed by atoms with Gasteiger partial charge in [0, 0.05) is 18.5 Å². The lowest BCUT2D eigenvalue weighted by atomic mass is 9.95. The first kappa shape index (κ1) is 11.4. The predicted octanol–water partition coefficient (Wildman–Crippen LogP) is 0.917. The fourth-order valence-corrected chi connectivity index (χ4v) is 2.30. The van der Waals surface area contributed by atoms with Crippen LogP contribution in [0.4, 0.5) is 0 Å². The van der Waals surface area contributed by atoms with E-state index in [0.717, 1.165) is 25.1 Å². The molecule has 0 spiro atoms. The lowest BCUT2D eigenvalue weighted by Gasteiger charge is -2.18. The van der Waals surface area contributed by atoms with Crippen molar-refractivity contribution in [2.24, 2.45) is 0 Å². The van der Waals surface area contributed by atoms with Gasteiger partial charge in [0.2, 0.25) is 0 Å². The fourth-order valence-electron chi connectivity index (χ4n) is 2.30. The van der Waals surface area contributed by atoms with Gasteiger partial charge in [-0.2, -0.15) is 4.98 Å². The van der Waals surface area contributed by atoms with Gasteiger partial charge >= 0.3 is 0 Å². The van der Waals surface area contributed by atoms with Gasteiger partial charge in [-0.25, -0.2) is 0 Å². The molecule has 0 bridgehead atoms. The third-order valence-corrected chi connectivity index (χ3v) is 3.17. The van der Waals surface area contributed by atoms with Crippen LogP contribution >= 0.6 is 0 Å². The third kappa shape index (κ3) is 2.02. The highest BCUT2D eigenvalue weighted by Crippen LogP contribution is 2.27. The summed E-state index contributed by atoms with van der Waals surface area (Å²) in [7, 11) is 0. The first-order valence-corrected chi connectivity index (χ1v) is 6.14.